The van der Waals surface area contributed by atoms with Crippen molar-refractivity contribution in [3.8, 4) is 0 Å². The summed E-state index contributed by atoms with van der Waals surface area (Å²) < 4.78 is 39.4. The fourth-order valence-corrected chi connectivity index (χ4v) is 6.23. The summed E-state index contributed by atoms with van der Waals surface area (Å²) in [6.45, 7) is 5.62. The number of nitrogens with zero attached hydrogens (tertiary/aromatic N) is 4. The first-order chi connectivity index (χ1) is 24.2. The molecule has 50 heavy (non-hydrogen) atoms. The number of hydrogen-bond donors (Lipinski definition) is 0. The van der Waals surface area contributed by atoms with Gasteiger partial charge in [0.15, 0.2) is 0 Å². The van der Waals surface area contributed by atoms with E-state index in [1.54, 1.807) is 17.3 Å². The average molecular weight is 683 g/mol. The van der Waals surface area contributed by atoms with Gasteiger partial charge in [-0.2, -0.15) is 13.2 Å². The number of carbonyl (C=O) groups is 2. The summed E-state index contributed by atoms with van der Waals surface area (Å²) in [4.78, 5) is 38.5. The van der Waals surface area contributed by atoms with Crippen LogP contribution < -0.4 is 0 Å². The van der Waals surface area contributed by atoms with Crippen molar-refractivity contribution in [1.82, 2.24) is 19.7 Å². The number of amides is 2. The molecular formula is C41H45F3N4O2. The highest BCUT2D eigenvalue weighted by Gasteiger charge is 2.34. The van der Waals surface area contributed by atoms with Gasteiger partial charge in [0.2, 0.25) is 11.8 Å². The van der Waals surface area contributed by atoms with Gasteiger partial charge in [0, 0.05) is 64.2 Å². The number of benzene rings is 3. The van der Waals surface area contributed by atoms with E-state index in [9.17, 15) is 22.8 Å². The van der Waals surface area contributed by atoms with E-state index in [0.717, 1.165) is 61.1 Å². The minimum atomic E-state index is -4.45. The van der Waals surface area contributed by atoms with E-state index >= 15 is 0 Å². The number of hydrogen-bond acceptors (Lipinski definition) is 4. The zero-order valence-corrected chi connectivity index (χ0v) is 28.6. The van der Waals surface area contributed by atoms with Crippen LogP contribution >= 0.6 is 0 Å². The van der Waals surface area contributed by atoms with Gasteiger partial charge in [0.05, 0.1) is 5.56 Å². The van der Waals surface area contributed by atoms with Gasteiger partial charge in [0.25, 0.3) is 0 Å². The Balaban J connectivity index is 1.40. The third-order valence-corrected chi connectivity index (χ3v) is 9.16. The molecule has 1 aliphatic rings. The van der Waals surface area contributed by atoms with E-state index in [-0.39, 0.29) is 18.4 Å². The lowest BCUT2D eigenvalue weighted by Crippen LogP contribution is -2.56. The normalized spacial score (nSPS) is 14.5. The highest BCUT2D eigenvalue weighted by Crippen LogP contribution is 2.29. The molecule has 0 N–H and O–H groups in total. The number of aryl methyl sites for hydroxylation is 1. The van der Waals surface area contributed by atoms with Crippen LogP contribution in [0.25, 0.3) is 6.08 Å². The molecule has 2 amide bonds. The van der Waals surface area contributed by atoms with Crippen molar-refractivity contribution in [3.05, 3.63) is 143 Å². The molecule has 0 aliphatic carbocycles. The second kappa shape index (κ2) is 17.8. The second-order valence-electron chi connectivity index (χ2n) is 12.9. The van der Waals surface area contributed by atoms with E-state index in [0.29, 0.717) is 38.2 Å². The number of unbranched alkanes of at least 4 members (excludes halogenated alkanes) is 2. The van der Waals surface area contributed by atoms with Gasteiger partial charge in [0.1, 0.15) is 6.04 Å². The second-order valence-corrected chi connectivity index (χ2v) is 12.9. The summed E-state index contributed by atoms with van der Waals surface area (Å²) in [5, 5.41) is 0. The molecule has 2 heterocycles. The number of aromatic nitrogens is 1. The maximum absolute atomic E-state index is 14.5. The molecule has 0 radical (unpaired) electrons. The van der Waals surface area contributed by atoms with Crippen molar-refractivity contribution >= 4 is 17.9 Å². The minimum absolute atomic E-state index is 0.120. The summed E-state index contributed by atoms with van der Waals surface area (Å²) in [6.07, 6.45) is 6.70. The number of carbonyl (C=O) groups excluding carboxylic acids is 2. The van der Waals surface area contributed by atoms with Gasteiger partial charge in [-0.05, 0) is 71.0 Å². The number of rotatable bonds is 14. The highest BCUT2D eigenvalue weighted by molar-refractivity contribution is 5.95. The Labute approximate surface area is 293 Å². The fourth-order valence-electron chi connectivity index (χ4n) is 6.23. The van der Waals surface area contributed by atoms with Gasteiger partial charge >= 0.3 is 6.18 Å². The number of alkyl halides is 3. The largest absolute Gasteiger partial charge is 0.416 e. The molecule has 1 aliphatic heterocycles. The summed E-state index contributed by atoms with van der Waals surface area (Å²) >= 11 is 0. The lowest BCUT2D eigenvalue weighted by atomic mass is 10.0. The number of piperazine rings is 1. The molecular weight excluding hydrogens is 637 g/mol. The van der Waals surface area contributed by atoms with Crippen LogP contribution in [-0.2, 0) is 41.7 Å². The van der Waals surface area contributed by atoms with Crippen molar-refractivity contribution in [3.63, 3.8) is 0 Å². The van der Waals surface area contributed by atoms with Crippen LogP contribution in [0.2, 0.25) is 0 Å². The first kappa shape index (κ1) is 36.5. The van der Waals surface area contributed by atoms with Gasteiger partial charge in [-0.25, -0.2) is 0 Å². The van der Waals surface area contributed by atoms with Crippen molar-refractivity contribution in [2.24, 2.45) is 0 Å². The van der Waals surface area contributed by atoms with E-state index in [1.165, 1.54) is 29.8 Å². The van der Waals surface area contributed by atoms with Gasteiger partial charge in [-0.15, -0.1) is 0 Å². The Morgan fingerprint density at radius 2 is 1.46 bits per heavy atom. The van der Waals surface area contributed by atoms with Gasteiger partial charge in [-0.3, -0.25) is 19.5 Å². The van der Waals surface area contributed by atoms with Crippen molar-refractivity contribution in [1.29, 1.82) is 0 Å². The predicted molar refractivity (Wildman–Crippen MR) is 191 cm³/mol. The predicted octanol–water partition coefficient (Wildman–Crippen LogP) is 7.83. The van der Waals surface area contributed by atoms with Crippen LogP contribution in [0.15, 0.2) is 109 Å². The molecule has 0 saturated carbocycles. The lowest BCUT2D eigenvalue weighted by Gasteiger charge is -2.39. The fraction of sp³-hybridized carbons (Fsp3) is 0.341. The molecule has 3 aromatic carbocycles. The molecule has 6 nitrogen and oxygen atoms in total. The average Bonchev–Trinajstić information content (AvgIpc) is 3.13. The maximum atomic E-state index is 14.5. The Hall–Kier alpha value is -4.76. The molecule has 1 fully saturated rings. The third kappa shape index (κ3) is 10.6. The Bertz CT molecular complexity index is 1670. The molecule has 0 unspecified atom stereocenters. The zero-order valence-electron chi connectivity index (χ0n) is 28.6. The SMILES string of the molecule is CCCCCc1ccc(CN(C(=O)/C=C/c2ccc(C(F)(F)F)cc2)[C@@H](Cc2ccccc2)C(=O)N2CCN(Cc3ccncc3)CC2)cc1. The summed E-state index contributed by atoms with van der Waals surface area (Å²) in [7, 11) is 0. The monoisotopic (exact) mass is 682 g/mol. The molecule has 9 heteroatoms. The molecule has 262 valence electrons. The summed E-state index contributed by atoms with van der Waals surface area (Å²) in [6, 6.07) is 25.7. The Morgan fingerprint density at radius 1 is 0.800 bits per heavy atom. The Morgan fingerprint density at radius 3 is 2.10 bits per heavy atom. The first-order valence-corrected chi connectivity index (χ1v) is 17.4. The smallest absolute Gasteiger partial charge is 0.338 e. The molecule has 4 aromatic rings. The highest BCUT2D eigenvalue weighted by atomic mass is 19.4. The van der Waals surface area contributed by atoms with Crippen LogP contribution in [0, 0.1) is 0 Å². The quantitative estimate of drug-likeness (QED) is 0.101. The standard InChI is InChI=1S/C41H45F3N4O2/c1-2-3-5-8-32-11-13-35(14-12-32)31-48(39(49)20-17-33-15-18-37(19-16-33)41(42,43)44)38(29-34-9-6-4-7-10-34)40(50)47-27-25-46(26-28-47)30-36-21-23-45-24-22-36/h4,6-7,9-24,38H,2-3,5,8,25-31H2,1H3/b20-17+/t38-/m0/s1. The molecule has 1 aromatic heterocycles. The maximum Gasteiger partial charge on any atom is 0.416 e. The first-order valence-electron chi connectivity index (χ1n) is 17.4. The van der Waals surface area contributed by atoms with Crippen molar-refractivity contribution in [2.45, 2.75) is 64.3 Å². The van der Waals surface area contributed by atoms with E-state index in [2.05, 4.69) is 28.9 Å². The minimum Gasteiger partial charge on any atom is -0.338 e. The lowest BCUT2D eigenvalue weighted by molar-refractivity contribution is -0.145. The molecule has 5 rings (SSSR count). The molecule has 1 saturated heterocycles. The topological polar surface area (TPSA) is 56.8 Å². The van der Waals surface area contributed by atoms with Crippen LogP contribution in [0.3, 0.4) is 0 Å². The van der Waals surface area contributed by atoms with Gasteiger partial charge < -0.3 is 9.80 Å². The Kier molecular flexibility index (Phi) is 13.0. The number of halogens is 3. The molecule has 0 bridgehead atoms. The van der Waals surface area contributed by atoms with E-state index in [1.807, 2.05) is 59.5 Å². The molecule has 0 spiro atoms. The third-order valence-electron chi connectivity index (χ3n) is 9.16. The summed E-state index contributed by atoms with van der Waals surface area (Å²) in [5.41, 5.74) is 3.92. The van der Waals surface area contributed by atoms with E-state index < -0.39 is 17.8 Å². The molecule has 1 atom stereocenters. The zero-order chi connectivity index (χ0) is 35.3. The summed E-state index contributed by atoms with van der Waals surface area (Å²) in [5.74, 6) is -0.507. The van der Waals surface area contributed by atoms with Crippen LogP contribution in [-0.4, -0.2) is 63.7 Å². The van der Waals surface area contributed by atoms with Gasteiger partial charge in [-0.1, -0.05) is 86.5 Å². The van der Waals surface area contributed by atoms with Crippen LogP contribution in [0.4, 0.5) is 13.2 Å². The van der Waals surface area contributed by atoms with Crippen LogP contribution in [0.5, 0.6) is 0 Å². The van der Waals surface area contributed by atoms with E-state index in [4.69, 9.17) is 0 Å². The number of pyridine rings is 1. The van der Waals surface area contributed by atoms with Crippen molar-refractivity contribution < 1.29 is 22.8 Å². The van der Waals surface area contributed by atoms with Crippen molar-refractivity contribution in [2.75, 3.05) is 26.2 Å². The van der Waals surface area contributed by atoms with Crippen LogP contribution in [0.1, 0.15) is 59.6 Å².